The SMILES string of the molecule is NC(=O)N[C@H](CC(=O)NC[C@H]1CCCO1)c1ccccc1F. The van der Waals surface area contributed by atoms with Crippen LogP contribution >= 0.6 is 0 Å². The first-order chi connectivity index (χ1) is 10.6. The number of nitrogens with two attached hydrogens (primary N) is 1. The average molecular weight is 309 g/mol. The summed E-state index contributed by atoms with van der Waals surface area (Å²) in [6.45, 7) is 1.13. The number of hydrogen-bond acceptors (Lipinski definition) is 3. The first-order valence-electron chi connectivity index (χ1n) is 7.25. The van der Waals surface area contributed by atoms with Crippen molar-refractivity contribution < 1.29 is 18.7 Å². The van der Waals surface area contributed by atoms with Gasteiger partial charge in [-0.2, -0.15) is 0 Å². The summed E-state index contributed by atoms with van der Waals surface area (Å²) in [4.78, 5) is 23.1. The monoisotopic (exact) mass is 309 g/mol. The van der Waals surface area contributed by atoms with E-state index in [1.54, 1.807) is 6.07 Å². The van der Waals surface area contributed by atoms with Gasteiger partial charge in [0, 0.05) is 18.7 Å². The van der Waals surface area contributed by atoms with E-state index in [0.717, 1.165) is 12.8 Å². The average Bonchev–Trinajstić information content (AvgIpc) is 2.98. The first kappa shape index (κ1) is 16.2. The van der Waals surface area contributed by atoms with Crippen molar-refractivity contribution in [2.75, 3.05) is 13.2 Å². The number of rotatable bonds is 6. The van der Waals surface area contributed by atoms with E-state index in [0.29, 0.717) is 13.2 Å². The molecular formula is C15H20FN3O3. The lowest BCUT2D eigenvalue weighted by Gasteiger charge is -2.19. The number of primary amides is 1. The van der Waals surface area contributed by atoms with Gasteiger partial charge in [0.05, 0.1) is 18.6 Å². The van der Waals surface area contributed by atoms with E-state index in [4.69, 9.17) is 10.5 Å². The fourth-order valence-corrected chi connectivity index (χ4v) is 2.46. The molecule has 0 saturated carbocycles. The Labute approximate surface area is 128 Å². The van der Waals surface area contributed by atoms with Crippen LogP contribution in [0.4, 0.5) is 9.18 Å². The molecule has 0 aromatic heterocycles. The highest BCUT2D eigenvalue weighted by Crippen LogP contribution is 2.20. The zero-order valence-electron chi connectivity index (χ0n) is 12.2. The van der Waals surface area contributed by atoms with Crippen LogP contribution < -0.4 is 16.4 Å². The minimum absolute atomic E-state index is 0.0277. The summed E-state index contributed by atoms with van der Waals surface area (Å²) in [6.07, 6.45) is 1.84. The summed E-state index contributed by atoms with van der Waals surface area (Å²) in [5, 5.41) is 5.14. The molecule has 1 aromatic rings. The lowest BCUT2D eigenvalue weighted by atomic mass is 10.0. The maximum atomic E-state index is 13.8. The number of carbonyl (C=O) groups excluding carboxylic acids is 2. The molecule has 1 aliphatic rings. The Morgan fingerprint density at radius 1 is 1.41 bits per heavy atom. The minimum Gasteiger partial charge on any atom is -0.376 e. The first-order valence-corrected chi connectivity index (χ1v) is 7.25. The predicted molar refractivity (Wildman–Crippen MR) is 78.5 cm³/mol. The van der Waals surface area contributed by atoms with E-state index in [-0.39, 0.29) is 24.0 Å². The Morgan fingerprint density at radius 3 is 2.82 bits per heavy atom. The molecule has 120 valence electrons. The van der Waals surface area contributed by atoms with E-state index in [2.05, 4.69) is 10.6 Å². The van der Waals surface area contributed by atoms with Crippen molar-refractivity contribution in [3.63, 3.8) is 0 Å². The smallest absolute Gasteiger partial charge is 0.312 e. The normalized spacial score (nSPS) is 18.7. The van der Waals surface area contributed by atoms with Crippen LogP contribution in [-0.2, 0) is 9.53 Å². The molecule has 1 fully saturated rings. The highest BCUT2D eigenvalue weighted by molar-refractivity contribution is 5.78. The molecule has 2 rings (SSSR count). The molecule has 0 spiro atoms. The second-order valence-electron chi connectivity index (χ2n) is 5.23. The van der Waals surface area contributed by atoms with E-state index in [1.165, 1.54) is 18.2 Å². The van der Waals surface area contributed by atoms with E-state index in [9.17, 15) is 14.0 Å². The number of nitrogens with one attached hydrogen (secondary N) is 2. The van der Waals surface area contributed by atoms with Gasteiger partial charge < -0.3 is 21.1 Å². The van der Waals surface area contributed by atoms with Gasteiger partial charge in [-0.15, -0.1) is 0 Å². The third kappa shape index (κ3) is 4.70. The van der Waals surface area contributed by atoms with Gasteiger partial charge in [0.15, 0.2) is 0 Å². The molecule has 3 amide bonds. The Morgan fingerprint density at radius 2 is 2.18 bits per heavy atom. The van der Waals surface area contributed by atoms with Crippen molar-refractivity contribution in [3.8, 4) is 0 Å². The van der Waals surface area contributed by atoms with Crippen molar-refractivity contribution in [3.05, 3.63) is 35.6 Å². The second-order valence-corrected chi connectivity index (χ2v) is 5.23. The van der Waals surface area contributed by atoms with Crippen molar-refractivity contribution in [1.82, 2.24) is 10.6 Å². The molecule has 0 radical (unpaired) electrons. The summed E-state index contributed by atoms with van der Waals surface area (Å²) in [7, 11) is 0. The number of ether oxygens (including phenoxy) is 1. The second kappa shape index (κ2) is 7.74. The van der Waals surface area contributed by atoms with Gasteiger partial charge >= 0.3 is 6.03 Å². The number of hydrogen-bond donors (Lipinski definition) is 3. The van der Waals surface area contributed by atoms with Gasteiger partial charge in [-0.3, -0.25) is 4.79 Å². The zero-order chi connectivity index (χ0) is 15.9. The maximum absolute atomic E-state index is 13.8. The van der Waals surface area contributed by atoms with E-state index < -0.39 is 17.9 Å². The highest BCUT2D eigenvalue weighted by Gasteiger charge is 2.22. The lowest BCUT2D eigenvalue weighted by molar-refractivity contribution is -0.122. The number of amides is 3. The van der Waals surface area contributed by atoms with Gasteiger partial charge in [-0.05, 0) is 18.9 Å². The number of halogens is 1. The van der Waals surface area contributed by atoms with Gasteiger partial charge in [0.25, 0.3) is 0 Å². The van der Waals surface area contributed by atoms with Gasteiger partial charge in [-0.1, -0.05) is 18.2 Å². The summed E-state index contributed by atoms with van der Waals surface area (Å²) in [5.41, 5.74) is 5.34. The Balaban J connectivity index is 1.95. The van der Waals surface area contributed by atoms with E-state index in [1.807, 2.05) is 0 Å². The maximum Gasteiger partial charge on any atom is 0.312 e. The molecule has 0 bridgehead atoms. The largest absolute Gasteiger partial charge is 0.376 e. The summed E-state index contributed by atoms with van der Waals surface area (Å²) < 4.78 is 19.2. The molecule has 1 aromatic carbocycles. The van der Waals surface area contributed by atoms with Gasteiger partial charge in [0.2, 0.25) is 5.91 Å². The van der Waals surface area contributed by atoms with Crippen LogP contribution in [0.3, 0.4) is 0 Å². The fraction of sp³-hybridized carbons (Fsp3) is 0.467. The third-order valence-electron chi connectivity index (χ3n) is 3.54. The summed E-state index contributed by atoms with van der Waals surface area (Å²) in [5.74, 6) is -0.786. The van der Waals surface area contributed by atoms with Crippen molar-refractivity contribution in [1.29, 1.82) is 0 Å². The molecule has 1 heterocycles. The molecule has 4 N–H and O–H groups in total. The van der Waals surface area contributed by atoms with Gasteiger partial charge in [-0.25, -0.2) is 9.18 Å². The highest BCUT2D eigenvalue weighted by atomic mass is 19.1. The van der Waals surface area contributed by atoms with Crippen LogP contribution in [-0.4, -0.2) is 31.2 Å². The van der Waals surface area contributed by atoms with Gasteiger partial charge in [0.1, 0.15) is 5.82 Å². The van der Waals surface area contributed by atoms with E-state index >= 15 is 0 Å². The molecule has 1 aliphatic heterocycles. The Kier molecular flexibility index (Phi) is 5.71. The van der Waals surface area contributed by atoms with Crippen LogP contribution in [0.25, 0.3) is 0 Å². The van der Waals surface area contributed by atoms with Crippen LogP contribution in [0.15, 0.2) is 24.3 Å². The Bertz CT molecular complexity index is 533. The third-order valence-corrected chi connectivity index (χ3v) is 3.54. The zero-order valence-corrected chi connectivity index (χ0v) is 12.2. The molecule has 1 saturated heterocycles. The predicted octanol–water partition coefficient (Wildman–Crippen LogP) is 1.22. The summed E-state index contributed by atoms with van der Waals surface area (Å²) >= 11 is 0. The molecular weight excluding hydrogens is 289 g/mol. The van der Waals surface area contributed by atoms with Crippen molar-refractivity contribution in [2.45, 2.75) is 31.4 Å². The lowest BCUT2D eigenvalue weighted by Crippen LogP contribution is -2.38. The standard InChI is InChI=1S/C15H20FN3O3/c16-12-6-2-1-5-11(12)13(19-15(17)21)8-14(20)18-9-10-4-3-7-22-10/h1-2,5-6,10,13H,3-4,7-9H2,(H,18,20)(H3,17,19,21)/t10-,13-/m1/s1. The van der Waals surface area contributed by atoms with Crippen LogP contribution in [0.5, 0.6) is 0 Å². The number of carbonyl (C=O) groups is 2. The summed E-state index contributed by atoms with van der Waals surface area (Å²) in [6, 6.07) is 4.36. The minimum atomic E-state index is -0.805. The molecule has 7 heteroatoms. The molecule has 2 atom stereocenters. The van der Waals surface area contributed by atoms with Crippen LogP contribution in [0.1, 0.15) is 30.9 Å². The van der Waals surface area contributed by atoms with Crippen LogP contribution in [0, 0.1) is 5.82 Å². The Hall–Kier alpha value is -2.15. The van der Waals surface area contributed by atoms with Crippen LogP contribution in [0.2, 0.25) is 0 Å². The van der Waals surface area contributed by atoms with Crippen molar-refractivity contribution in [2.24, 2.45) is 5.73 Å². The molecule has 0 unspecified atom stereocenters. The molecule has 22 heavy (non-hydrogen) atoms. The number of benzene rings is 1. The fourth-order valence-electron chi connectivity index (χ4n) is 2.46. The topological polar surface area (TPSA) is 93.5 Å². The quantitative estimate of drug-likeness (QED) is 0.737. The number of urea groups is 1. The molecule has 0 aliphatic carbocycles. The molecule has 6 nitrogen and oxygen atoms in total. The van der Waals surface area contributed by atoms with Crippen molar-refractivity contribution >= 4 is 11.9 Å².